The molecule has 0 aliphatic heterocycles. The molecule has 0 saturated heterocycles. The standard InChI is InChI=1S/C20H28N4O3/c1-6-23(19(26)27-20(3,4)5)13-16-9-7-8-10-17(16)22-18(25)14-24-12-15(2)11-21-24/h7-12H,6,13-14H2,1-5H3,(H,22,25). The van der Waals surface area contributed by atoms with E-state index in [1.165, 1.54) is 0 Å². The van der Waals surface area contributed by atoms with E-state index >= 15 is 0 Å². The molecule has 27 heavy (non-hydrogen) atoms. The van der Waals surface area contributed by atoms with Crippen molar-refractivity contribution in [3.8, 4) is 0 Å². The highest BCUT2D eigenvalue weighted by Crippen LogP contribution is 2.19. The minimum absolute atomic E-state index is 0.131. The molecule has 0 fully saturated rings. The van der Waals surface area contributed by atoms with E-state index < -0.39 is 5.60 Å². The Morgan fingerprint density at radius 3 is 2.56 bits per heavy atom. The first-order chi connectivity index (χ1) is 12.7. The molecular formula is C20H28N4O3. The zero-order chi connectivity index (χ0) is 20.0. The van der Waals surface area contributed by atoms with Gasteiger partial charge in [-0.05, 0) is 51.8 Å². The van der Waals surface area contributed by atoms with Crippen molar-refractivity contribution in [2.45, 2.75) is 53.3 Å². The molecule has 2 amide bonds. The zero-order valence-electron chi connectivity index (χ0n) is 16.7. The molecular weight excluding hydrogens is 344 g/mol. The lowest BCUT2D eigenvalue weighted by atomic mass is 10.1. The number of carbonyl (C=O) groups excluding carboxylic acids is 2. The van der Waals surface area contributed by atoms with Crippen molar-refractivity contribution in [1.29, 1.82) is 0 Å². The number of amides is 2. The third kappa shape index (κ3) is 6.44. The first-order valence-corrected chi connectivity index (χ1v) is 9.02. The maximum Gasteiger partial charge on any atom is 0.410 e. The Labute approximate surface area is 160 Å². The summed E-state index contributed by atoms with van der Waals surface area (Å²) in [6.45, 7) is 10.3. The summed E-state index contributed by atoms with van der Waals surface area (Å²) in [7, 11) is 0. The van der Waals surface area contributed by atoms with Crippen LogP contribution in [-0.4, -0.2) is 38.8 Å². The zero-order valence-corrected chi connectivity index (χ0v) is 16.7. The minimum atomic E-state index is -0.555. The van der Waals surface area contributed by atoms with E-state index in [0.717, 1.165) is 11.1 Å². The molecule has 0 bridgehead atoms. The van der Waals surface area contributed by atoms with Crippen molar-refractivity contribution in [3.63, 3.8) is 0 Å². The molecule has 7 heteroatoms. The molecule has 146 valence electrons. The molecule has 2 rings (SSSR count). The summed E-state index contributed by atoms with van der Waals surface area (Å²) in [5, 5.41) is 7.03. The Morgan fingerprint density at radius 1 is 1.26 bits per heavy atom. The number of anilines is 1. The van der Waals surface area contributed by atoms with Crippen LogP contribution in [0, 0.1) is 6.92 Å². The normalized spacial score (nSPS) is 11.1. The second kappa shape index (κ2) is 8.70. The molecule has 0 aliphatic carbocycles. The van der Waals surface area contributed by atoms with Crippen LogP contribution in [0.3, 0.4) is 0 Å². The van der Waals surface area contributed by atoms with Crippen molar-refractivity contribution >= 4 is 17.7 Å². The smallest absolute Gasteiger partial charge is 0.410 e. The molecule has 1 aromatic heterocycles. The van der Waals surface area contributed by atoms with Crippen LogP contribution in [0.5, 0.6) is 0 Å². The summed E-state index contributed by atoms with van der Waals surface area (Å²) in [5.41, 5.74) is 1.96. The lowest BCUT2D eigenvalue weighted by Crippen LogP contribution is -2.36. The van der Waals surface area contributed by atoms with E-state index in [-0.39, 0.29) is 18.5 Å². The van der Waals surface area contributed by atoms with Crippen LogP contribution in [0.4, 0.5) is 10.5 Å². The molecule has 0 aliphatic rings. The van der Waals surface area contributed by atoms with Gasteiger partial charge in [-0.3, -0.25) is 9.48 Å². The van der Waals surface area contributed by atoms with Gasteiger partial charge in [-0.25, -0.2) is 4.79 Å². The van der Waals surface area contributed by atoms with Gasteiger partial charge >= 0.3 is 6.09 Å². The Hall–Kier alpha value is -2.83. The Balaban J connectivity index is 2.07. The summed E-state index contributed by atoms with van der Waals surface area (Å²) in [6.07, 6.45) is 3.15. The summed E-state index contributed by atoms with van der Waals surface area (Å²) in [4.78, 5) is 26.3. The van der Waals surface area contributed by atoms with Gasteiger partial charge in [0.05, 0.1) is 12.7 Å². The van der Waals surface area contributed by atoms with Crippen molar-refractivity contribution < 1.29 is 14.3 Å². The van der Waals surface area contributed by atoms with E-state index in [4.69, 9.17) is 4.74 Å². The van der Waals surface area contributed by atoms with Gasteiger partial charge in [0.25, 0.3) is 0 Å². The maximum absolute atomic E-state index is 12.4. The third-order valence-corrected chi connectivity index (χ3v) is 3.75. The Kier molecular flexibility index (Phi) is 6.60. The number of nitrogens with one attached hydrogen (secondary N) is 1. The molecule has 1 N–H and O–H groups in total. The van der Waals surface area contributed by atoms with Crippen molar-refractivity contribution in [1.82, 2.24) is 14.7 Å². The van der Waals surface area contributed by atoms with Gasteiger partial charge in [-0.2, -0.15) is 5.10 Å². The van der Waals surface area contributed by atoms with Crippen LogP contribution in [0.15, 0.2) is 36.7 Å². The predicted octanol–water partition coefficient (Wildman–Crippen LogP) is 3.59. The number of aromatic nitrogens is 2. The molecule has 0 saturated carbocycles. The largest absolute Gasteiger partial charge is 0.444 e. The van der Waals surface area contributed by atoms with Crippen LogP contribution in [0.2, 0.25) is 0 Å². The van der Waals surface area contributed by atoms with Gasteiger partial charge in [-0.1, -0.05) is 18.2 Å². The average molecular weight is 372 g/mol. The fourth-order valence-corrected chi connectivity index (χ4v) is 2.51. The molecule has 1 aromatic carbocycles. The first kappa shape index (κ1) is 20.5. The number of para-hydroxylation sites is 1. The molecule has 0 atom stereocenters. The second-order valence-electron chi connectivity index (χ2n) is 7.42. The number of aryl methyl sites for hydroxylation is 1. The van der Waals surface area contributed by atoms with Gasteiger partial charge < -0.3 is 15.0 Å². The SMILES string of the molecule is CCN(Cc1ccccc1NC(=O)Cn1cc(C)cn1)C(=O)OC(C)(C)C. The molecule has 0 radical (unpaired) electrons. The predicted molar refractivity (Wildman–Crippen MR) is 104 cm³/mol. The number of benzene rings is 1. The van der Waals surface area contributed by atoms with Gasteiger partial charge in [0.2, 0.25) is 5.91 Å². The molecule has 0 unspecified atom stereocenters. The monoisotopic (exact) mass is 372 g/mol. The van der Waals surface area contributed by atoms with E-state index in [9.17, 15) is 9.59 Å². The fraction of sp³-hybridized carbons (Fsp3) is 0.450. The van der Waals surface area contributed by atoms with Crippen LogP contribution in [0.1, 0.15) is 38.8 Å². The Morgan fingerprint density at radius 2 is 1.96 bits per heavy atom. The molecule has 2 aromatic rings. The van der Waals surface area contributed by atoms with Gasteiger partial charge in [-0.15, -0.1) is 0 Å². The van der Waals surface area contributed by atoms with E-state index in [0.29, 0.717) is 18.8 Å². The summed E-state index contributed by atoms with van der Waals surface area (Å²) >= 11 is 0. The van der Waals surface area contributed by atoms with Crippen LogP contribution >= 0.6 is 0 Å². The number of carbonyl (C=O) groups is 2. The number of hydrogen-bond acceptors (Lipinski definition) is 4. The topological polar surface area (TPSA) is 76.5 Å². The number of rotatable bonds is 6. The molecule has 7 nitrogen and oxygen atoms in total. The summed E-state index contributed by atoms with van der Waals surface area (Å²) in [6, 6.07) is 7.44. The Bertz CT molecular complexity index is 793. The number of nitrogens with zero attached hydrogens (tertiary/aromatic N) is 3. The highest BCUT2D eigenvalue weighted by Gasteiger charge is 2.22. The van der Waals surface area contributed by atoms with E-state index in [1.54, 1.807) is 15.8 Å². The lowest BCUT2D eigenvalue weighted by Gasteiger charge is -2.27. The molecule has 1 heterocycles. The maximum atomic E-state index is 12.4. The minimum Gasteiger partial charge on any atom is -0.444 e. The average Bonchev–Trinajstić information content (AvgIpc) is 2.97. The van der Waals surface area contributed by atoms with Crippen molar-refractivity contribution in [2.24, 2.45) is 0 Å². The van der Waals surface area contributed by atoms with Crippen LogP contribution < -0.4 is 5.32 Å². The van der Waals surface area contributed by atoms with Crippen LogP contribution in [0.25, 0.3) is 0 Å². The third-order valence-electron chi connectivity index (χ3n) is 3.75. The van der Waals surface area contributed by atoms with E-state index in [2.05, 4.69) is 10.4 Å². The quantitative estimate of drug-likeness (QED) is 0.841. The highest BCUT2D eigenvalue weighted by atomic mass is 16.6. The van der Waals surface area contributed by atoms with Crippen molar-refractivity contribution in [3.05, 3.63) is 47.8 Å². The van der Waals surface area contributed by atoms with E-state index in [1.807, 2.05) is 65.1 Å². The van der Waals surface area contributed by atoms with Gasteiger partial charge in [0.15, 0.2) is 0 Å². The lowest BCUT2D eigenvalue weighted by molar-refractivity contribution is -0.116. The van der Waals surface area contributed by atoms with Gasteiger partial charge in [0.1, 0.15) is 12.1 Å². The summed E-state index contributed by atoms with van der Waals surface area (Å²) < 4.78 is 7.04. The molecule has 0 spiro atoms. The summed E-state index contributed by atoms with van der Waals surface area (Å²) in [5.74, 6) is -0.175. The number of ether oxygens (including phenoxy) is 1. The number of hydrogen-bond donors (Lipinski definition) is 1. The fourth-order valence-electron chi connectivity index (χ4n) is 2.51. The highest BCUT2D eigenvalue weighted by molar-refractivity contribution is 5.91. The second-order valence-corrected chi connectivity index (χ2v) is 7.42. The first-order valence-electron chi connectivity index (χ1n) is 9.02. The van der Waals surface area contributed by atoms with Gasteiger partial charge in [0, 0.05) is 18.4 Å². The van der Waals surface area contributed by atoms with Crippen molar-refractivity contribution in [2.75, 3.05) is 11.9 Å². The van der Waals surface area contributed by atoms with Crippen LogP contribution in [-0.2, 0) is 22.6 Å².